The minimum Gasteiger partial charge on any atom is -0.357 e. The van der Waals surface area contributed by atoms with Crippen molar-refractivity contribution in [1.82, 2.24) is 4.98 Å². The van der Waals surface area contributed by atoms with Gasteiger partial charge in [-0.25, -0.2) is 4.98 Å². The van der Waals surface area contributed by atoms with Crippen LogP contribution in [0.3, 0.4) is 0 Å². The Morgan fingerprint density at radius 3 is 2.41 bits per heavy atom. The molecule has 0 saturated heterocycles. The van der Waals surface area contributed by atoms with Crippen LogP contribution >= 0.6 is 0 Å². The molecular weight excluding hydrogens is 208 g/mol. The molecular formula is C15H20N2. The van der Waals surface area contributed by atoms with Gasteiger partial charge in [0.2, 0.25) is 0 Å². The van der Waals surface area contributed by atoms with Gasteiger partial charge in [-0.1, -0.05) is 12.1 Å². The molecule has 2 rings (SSSR count). The van der Waals surface area contributed by atoms with Crippen molar-refractivity contribution in [3.63, 3.8) is 0 Å². The summed E-state index contributed by atoms with van der Waals surface area (Å²) < 4.78 is 0. The molecule has 0 aliphatic carbocycles. The fourth-order valence-electron chi connectivity index (χ4n) is 2.20. The van der Waals surface area contributed by atoms with Crippen molar-refractivity contribution in [3.8, 4) is 0 Å². The molecule has 0 N–H and O–H groups in total. The van der Waals surface area contributed by atoms with Crippen LogP contribution in [0.4, 0.5) is 5.82 Å². The summed E-state index contributed by atoms with van der Waals surface area (Å²) in [6.45, 7) is 10.6. The van der Waals surface area contributed by atoms with Gasteiger partial charge >= 0.3 is 0 Å². The SMILES string of the molecule is CCN(CC)c1cc(C)c2ccc(C)cc2n1. The molecule has 2 nitrogen and oxygen atoms in total. The Balaban J connectivity index is 2.60. The highest BCUT2D eigenvalue weighted by Gasteiger charge is 2.07. The lowest BCUT2D eigenvalue weighted by Gasteiger charge is -2.21. The molecule has 2 aromatic rings. The summed E-state index contributed by atoms with van der Waals surface area (Å²) in [6, 6.07) is 8.66. The molecule has 2 heteroatoms. The zero-order valence-electron chi connectivity index (χ0n) is 11.1. The van der Waals surface area contributed by atoms with Gasteiger partial charge in [0, 0.05) is 18.5 Å². The normalized spacial score (nSPS) is 10.8. The third-order valence-electron chi connectivity index (χ3n) is 3.25. The molecule has 0 saturated carbocycles. The molecule has 1 aromatic carbocycles. The van der Waals surface area contributed by atoms with Crippen LogP contribution in [-0.2, 0) is 0 Å². The first-order chi connectivity index (χ1) is 8.15. The largest absolute Gasteiger partial charge is 0.357 e. The number of pyridine rings is 1. The topological polar surface area (TPSA) is 16.1 Å². The number of aryl methyl sites for hydroxylation is 2. The first kappa shape index (κ1) is 11.9. The highest BCUT2D eigenvalue weighted by atomic mass is 15.2. The van der Waals surface area contributed by atoms with Gasteiger partial charge in [0.15, 0.2) is 0 Å². The van der Waals surface area contributed by atoms with Crippen LogP contribution in [0.25, 0.3) is 10.9 Å². The molecule has 0 aliphatic heterocycles. The van der Waals surface area contributed by atoms with Gasteiger partial charge in [-0.2, -0.15) is 0 Å². The van der Waals surface area contributed by atoms with Crippen molar-refractivity contribution in [3.05, 3.63) is 35.4 Å². The molecule has 0 amide bonds. The van der Waals surface area contributed by atoms with E-state index in [4.69, 9.17) is 4.98 Å². The van der Waals surface area contributed by atoms with Crippen LogP contribution in [0.1, 0.15) is 25.0 Å². The summed E-state index contributed by atoms with van der Waals surface area (Å²) in [5.41, 5.74) is 3.67. The average Bonchev–Trinajstić information content (AvgIpc) is 2.30. The Labute approximate surface area is 103 Å². The van der Waals surface area contributed by atoms with E-state index in [0.717, 1.165) is 24.4 Å². The summed E-state index contributed by atoms with van der Waals surface area (Å²) in [4.78, 5) is 7.05. The highest BCUT2D eigenvalue weighted by molar-refractivity contribution is 5.84. The van der Waals surface area contributed by atoms with Gasteiger partial charge < -0.3 is 4.90 Å². The summed E-state index contributed by atoms with van der Waals surface area (Å²) in [5, 5.41) is 1.26. The second-order valence-electron chi connectivity index (χ2n) is 4.49. The second kappa shape index (κ2) is 4.74. The lowest BCUT2D eigenvalue weighted by molar-refractivity contribution is 0.849. The zero-order chi connectivity index (χ0) is 12.4. The Bertz CT molecular complexity index is 528. The molecule has 1 aromatic heterocycles. The van der Waals surface area contributed by atoms with E-state index in [9.17, 15) is 0 Å². The average molecular weight is 228 g/mol. The monoisotopic (exact) mass is 228 g/mol. The number of aromatic nitrogens is 1. The van der Waals surface area contributed by atoms with E-state index in [1.807, 2.05) is 0 Å². The van der Waals surface area contributed by atoms with Gasteiger partial charge in [-0.05, 0) is 51.0 Å². The predicted molar refractivity (Wildman–Crippen MR) is 74.8 cm³/mol. The molecule has 0 bridgehead atoms. The van der Waals surface area contributed by atoms with Crippen molar-refractivity contribution in [2.24, 2.45) is 0 Å². The molecule has 0 spiro atoms. The fourth-order valence-corrected chi connectivity index (χ4v) is 2.20. The van der Waals surface area contributed by atoms with E-state index >= 15 is 0 Å². The second-order valence-corrected chi connectivity index (χ2v) is 4.49. The number of rotatable bonds is 3. The van der Waals surface area contributed by atoms with Crippen LogP contribution in [0.15, 0.2) is 24.3 Å². The quantitative estimate of drug-likeness (QED) is 0.796. The van der Waals surface area contributed by atoms with Crippen molar-refractivity contribution < 1.29 is 0 Å². The molecule has 17 heavy (non-hydrogen) atoms. The van der Waals surface area contributed by atoms with E-state index in [-0.39, 0.29) is 0 Å². The van der Waals surface area contributed by atoms with Gasteiger partial charge in [-0.3, -0.25) is 0 Å². The first-order valence-electron chi connectivity index (χ1n) is 6.28. The van der Waals surface area contributed by atoms with E-state index in [0.29, 0.717) is 0 Å². The zero-order valence-corrected chi connectivity index (χ0v) is 11.1. The third kappa shape index (κ3) is 2.26. The standard InChI is InChI=1S/C15H20N2/c1-5-17(6-2)15-10-12(4)13-8-7-11(3)9-14(13)16-15/h7-10H,5-6H2,1-4H3. The summed E-state index contributed by atoms with van der Waals surface area (Å²) in [7, 11) is 0. The number of fused-ring (bicyclic) bond motifs is 1. The van der Waals surface area contributed by atoms with E-state index in [2.05, 4.69) is 56.9 Å². The molecule has 0 atom stereocenters. The predicted octanol–water partition coefficient (Wildman–Crippen LogP) is 3.70. The van der Waals surface area contributed by atoms with Gasteiger partial charge in [0.1, 0.15) is 5.82 Å². The Kier molecular flexibility index (Phi) is 3.32. The summed E-state index contributed by atoms with van der Waals surface area (Å²) >= 11 is 0. The van der Waals surface area contributed by atoms with Crippen molar-refractivity contribution >= 4 is 16.7 Å². The smallest absolute Gasteiger partial charge is 0.129 e. The molecule has 0 unspecified atom stereocenters. The highest BCUT2D eigenvalue weighted by Crippen LogP contribution is 2.23. The third-order valence-corrected chi connectivity index (χ3v) is 3.25. The van der Waals surface area contributed by atoms with Crippen molar-refractivity contribution in [1.29, 1.82) is 0 Å². The van der Waals surface area contributed by atoms with E-state index in [1.54, 1.807) is 0 Å². The lowest BCUT2D eigenvalue weighted by Crippen LogP contribution is -2.23. The maximum atomic E-state index is 4.76. The molecule has 1 heterocycles. The first-order valence-corrected chi connectivity index (χ1v) is 6.28. The number of hydrogen-bond donors (Lipinski definition) is 0. The lowest BCUT2D eigenvalue weighted by atomic mass is 10.1. The van der Waals surface area contributed by atoms with Crippen LogP contribution in [-0.4, -0.2) is 18.1 Å². The van der Waals surface area contributed by atoms with E-state index in [1.165, 1.54) is 16.5 Å². The number of hydrogen-bond acceptors (Lipinski definition) is 2. The number of benzene rings is 1. The Hall–Kier alpha value is -1.57. The van der Waals surface area contributed by atoms with Gasteiger partial charge in [0.05, 0.1) is 5.52 Å². The maximum Gasteiger partial charge on any atom is 0.129 e. The molecule has 0 aliphatic rings. The molecule has 90 valence electrons. The summed E-state index contributed by atoms with van der Waals surface area (Å²) in [6.07, 6.45) is 0. The Morgan fingerprint density at radius 1 is 1.06 bits per heavy atom. The fraction of sp³-hybridized carbons (Fsp3) is 0.400. The van der Waals surface area contributed by atoms with Gasteiger partial charge in [-0.15, -0.1) is 0 Å². The van der Waals surface area contributed by atoms with Crippen LogP contribution < -0.4 is 4.90 Å². The molecule has 0 radical (unpaired) electrons. The van der Waals surface area contributed by atoms with Crippen molar-refractivity contribution in [2.45, 2.75) is 27.7 Å². The Morgan fingerprint density at radius 2 is 1.76 bits per heavy atom. The van der Waals surface area contributed by atoms with Crippen LogP contribution in [0.5, 0.6) is 0 Å². The number of anilines is 1. The van der Waals surface area contributed by atoms with Crippen LogP contribution in [0, 0.1) is 13.8 Å². The summed E-state index contributed by atoms with van der Waals surface area (Å²) in [5.74, 6) is 1.09. The number of nitrogens with zero attached hydrogens (tertiary/aromatic N) is 2. The van der Waals surface area contributed by atoms with Crippen LogP contribution in [0.2, 0.25) is 0 Å². The minimum absolute atomic E-state index is 1.00. The van der Waals surface area contributed by atoms with Gasteiger partial charge in [0.25, 0.3) is 0 Å². The molecule has 0 fully saturated rings. The van der Waals surface area contributed by atoms with Crippen molar-refractivity contribution in [2.75, 3.05) is 18.0 Å². The maximum absolute atomic E-state index is 4.76. The minimum atomic E-state index is 1.00. The van der Waals surface area contributed by atoms with E-state index < -0.39 is 0 Å².